The number of alkyl halides is 3. The van der Waals surface area contributed by atoms with Crippen LogP contribution in [0.3, 0.4) is 0 Å². The molecule has 0 aliphatic carbocycles. The third kappa shape index (κ3) is 5.75. The van der Waals surface area contributed by atoms with Gasteiger partial charge in [-0.2, -0.15) is 13.2 Å². The molecule has 4 rings (SSSR count). The molecule has 4 aromatic rings. The molecule has 0 saturated heterocycles. The third-order valence-electron chi connectivity index (χ3n) is 5.31. The minimum Gasteiger partial charge on any atom is -0.322 e. The van der Waals surface area contributed by atoms with Crippen molar-refractivity contribution in [1.82, 2.24) is 25.3 Å². The van der Waals surface area contributed by atoms with Crippen LogP contribution in [0.4, 0.5) is 18.9 Å². The average Bonchev–Trinajstić information content (AvgIpc) is 3.50. The first-order valence-electron chi connectivity index (χ1n) is 10.9. The molecule has 0 fully saturated rings. The number of rotatable bonds is 7. The predicted molar refractivity (Wildman–Crippen MR) is 134 cm³/mol. The molecule has 0 atom stereocenters. The number of carbonyl (C=O) groups is 1. The number of nitrogens with one attached hydrogen (secondary N) is 2. The second-order valence-electron chi connectivity index (χ2n) is 8.40. The molecule has 0 aliphatic rings. The van der Waals surface area contributed by atoms with Crippen LogP contribution in [0.15, 0.2) is 48.2 Å². The normalized spacial score (nSPS) is 11.8. The fraction of sp³-hybridized carbons (Fsp3) is 0.250. The highest BCUT2D eigenvalue weighted by Crippen LogP contribution is 2.38. The maximum Gasteiger partial charge on any atom is 0.417 e. The average molecular weight is 535 g/mol. The number of hydrogen-bond donors (Lipinski definition) is 2. The van der Waals surface area contributed by atoms with Crippen molar-refractivity contribution >= 4 is 34.5 Å². The molecule has 2 aromatic heterocycles. The summed E-state index contributed by atoms with van der Waals surface area (Å²) < 4.78 is 42.4. The highest BCUT2D eigenvalue weighted by molar-refractivity contribution is 7.13. The van der Waals surface area contributed by atoms with Crippen molar-refractivity contribution in [2.24, 2.45) is 0 Å². The first-order valence-corrected chi connectivity index (χ1v) is 12.1. The second-order valence-corrected chi connectivity index (χ2v) is 9.66. The molecular weight excluding hydrogens is 513 g/mol. The van der Waals surface area contributed by atoms with Gasteiger partial charge in [0.05, 0.1) is 32.9 Å². The van der Waals surface area contributed by atoms with E-state index in [4.69, 9.17) is 11.6 Å². The standard InChI is InChI=1S/C24H22ClF3N6OS/c1-13(2)30-9-16-6-17(8-18(22(16)25)24(26,27)28)31-23(35)15-5-4-14(3)20(7-15)34-11-19(32-33-34)21-10-29-12-36-21/h4-8,10-13,30H,9H2,1-3H3,(H,31,35). The van der Waals surface area contributed by atoms with Crippen molar-refractivity contribution in [2.45, 2.75) is 39.5 Å². The van der Waals surface area contributed by atoms with E-state index in [2.05, 4.69) is 25.9 Å². The van der Waals surface area contributed by atoms with Crippen molar-refractivity contribution in [3.05, 3.63) is 75.5 Å². The van der Waals surface area contributed by atoms with E-state index in [0.717, 1.165) is 16.5 Å². The molecule has 188 valence electrons. The van der Waals surface area contributed by atoms with E-state index in [0.29, 0.717) is 11.4 Å². The van der Waals surface area contributed by atoms with Crippen molar-refractivity contribution in [2.75, 3.05) is 5.32 Å². The van der Waals surface area contributed by atoms with Crippen LogP contribution in [0.1, 0.15) is 40.9 Å². The van der Waals surface area contributed by atoms with Crippen LogP contribution in [0.5, 0.6) is 0 Å². The van der Waals surface area contributed by atoms with Crippen LogP contribution < -0.4 is 10.6 Å². The van der Waals surface area contributed by atoms with Crippen LogP contribution in [0, 0.1) is 6.92 Å². The molecule has 7 nitrogen and oxygen atoms in total. The van der Waals surface area contributed by atoms with E-state index in [1.165, 1.54) is 17.4 Å². The summed E-state index contributed by atoms with van der Waals surface area (Å²) in [7, 11) is 0. The zero-order valence-electron chi connectivity index (χ0n) is 19.5. The lowest BCUT2D eigenvalue weighted by molar-refractivity contribution is -0.137. The minimum atomic E-state index is -4.68. The summed E-state index contributed by atoms with van der Waals surface area (Å²) >= 11 is 7.48. The van der Waals surface area contributed by atoms with Gasteiger partial charge in [0.1, 0.15) is 5.69 Å². The van der Waals surface area contributed by atoms with Gasteiger partial charge >= 0.3 is 6.18 Å². The fourth-order valence-electron chi connectivity index (χ4n) is 3.44. The Bertz CT molecular complexity index is 1390. The highest BCUT2D eigenvalue weighted by Gasteiger charge is 2.35. The molecule has 2 heterocycles. The number of amides is 1. The Kier molecular flexibility index (Phi) is 7.43. The van der Waals surface area contributed by atoms with Gasteiger partial charge in [0.2, 0.25) is 0 Å². The summed E-state index contributed by atoms with van der Waals surface area (Å²) in [5.74, 6) is -0.572. The number of aromatic nitrogens is 4. The van der Waals surface area contributed by atoms with Gasteiger partial charge in [-0.3, -0.25) is 9.78 Å². The summed E-state index contributed by atoms with van der Waals surface area (Å²) in [4.78, 5) is 17.9. The molecule has 36 heavy (non-hydrogen) atoms. The molecule has 12 heteroatoms. The first-order chi connectivity index (χ1) is 17.0. The van der Waals surface area contributed by atoms with Crippen LogP contribution in [0.2, 0.25) is 5.02 Å². The zero-order chi connectivity index (χ0) is 26.0. The molecule has 0 saturated carbocycles. The predicted octanol–water partition coefficient (Wildman–Crippen LogP) is 6.12. The number of halogens is 4. The largest absolute Gasteiger partial charge is 0.417 e. The van der Waals surface area contributed by atoms with Crippen LogP contribution in [-0.2, 0) is 12.7 Å². The van der Waals surface area contributed by atoms with Crippen LogP contribution in [0.25, 0.3) is 16.3 Å². The van der Waals surface area contributed by atoms with Gasteiger partial charge in [0, 0.05) is 30.0 Å². The lowest BCUT2D eigenvalue weighted by atomic mass is 10.1. The van der Waals surface area contributed by atoms with Gasteiger partial charge in [0.15, 0.2) is 0 Å². The molecule has 0 spiro atoms. The van der Waals surface area contributed by atoms with E-state index in [-0.39, 0.29) is 29.4 Å². The Labute approximate surface area is 214 Å². The molecule has 1 amide bonds. The number of aryl methyl sites for hydroxylation is 1. The number of thiazole rings is 1. The second kappa shape index (κ2) is 10.4. The first kappa shape index (κ1) is 25.8. The van der Waals surface area contributed by atoms with Crippen molar-refractivity contribution in [3.8, 4) is 16.3 Å². The Morgan fingerprint density at radius 3 is 2.67 bits per heavy atom. The summed E-state index contributed by atoms with van der Waals surface area (Å²) in [6, 6.07) is 7.26. The molecule has 0 bridgehead atoms. The van der Waals surface area contributed by atoms with Gasteiger partial charge in [-0.1, -0.05) is 36.7 Å². The maximum atomic E-state index is 13.6. The van der Waals surface area contributed by atoms with E-state index in [1.807, 2.05) is 20.8 Å². The van der Waals surface area contributed by atoms with E-state index in [9.17, 15) is 18.0 Å². The zero-order valence-corrected chi connectivity index (χ0v) is 21.1. The van der Waals surface area contributed by atoms with Gasteiger partial charge in [0.25, 0.3) is 5.91 Å². The van der Waals surface area contributed by atoms with Crippen molar-refractivity contribution in [3.63, 3.8) is 0 Å². The number of nitrogens with zero attached hydrogens (tertiary/aromatic N) is 4. The van der Waals surface area contributed by atoms with Crippen LogP contribution >= 0.6 is 22.9 Å². The number of anilines is 1. The summed E-state index contributed by atoms with van der Waals surface area (Å²) in [5, 5.41) is 13.5. The third-order valence-corrected chi connectivity index (χ3v) is 6.55. The molecule has 0 unspecified atom stereocenters. The fourth-order valence-corrected chi connectivity index (χ4v) is 4.30. The molecule has 0 radical (unpaired) electrons. The Balaban J connectivity index is 1.63. The van der Waals surface area contributed by atoms with Gasteiger partial charge in [-0.05, 0) is 42.3 Å². The summed E-state index contributed by atoms with van der Waals surface area (Å²) in [6.45, 7) is 5.71. The quantitative estimate of drug-likeness (QED) is 0.298. The Morgan fingerprint density at radius 2 is 2.00 bits per heavy atom. The number of benzene rings is 2. The lowest BCUT2D eigenvalue weighted by Gasteiger charge is -2.17. The van der Waals surface area contributed by atoms with E-state index >= 15 is 0 Å². The number of carbonyl (C=O) groups excluding carboxylic acids is 1. The molecular formula is C24H22ClF3N6OS. The Morgan fingerprint density at radius 1 is 1.22 bits per heavy atom. The van der Waals surface area contributed by atoms with Crippen molar-refractivity contribution in [1.29, 1.82) is 0 Å². The number of hydrogen-bond acceptors (Lipinski definition) is 6. The van der Waals surface area contributed by atoms with Gasteiger partial charge in [-0.15, -0.1) is 16.4 Å². The smallest absolute Gasteiger partial charge is 0.322 e. The van der Waals surface area contributed by atoms with Gasteiger partial charge in [-0.25, -0.2) is 4.68 Å². The SMILES string of the molecule is Cc1ccc(C(=O)Nc2cc(CNC(C)C)c(Cl)c(C(F)(F)F)c2)cc1-n1cc(-c2cncs2)nn1. The monoisotopic (exact) mass is 534 g/mol. The lowest BCUT2D eigenvalue weighted by Crippen LogP contribution is -2.23. The Hall–Kier alpha value is -3.28. The highest BCUT2D eigenvalue weighted by atomic mass is 35.5. The molecule has 2 N–H and O–H groups in total. The van der Waals surface area contributed by atoms with E-state index < -0.39 is 22.7 Å². The van der Waals surface area contributed by atoms with Crippen LogP contribution in [-0.4, -0.2) is 31.9 Å². The van der Waals surface area contributed by atoms with Crippen molar-refractivity contribution < 1.29 is 18.0 Å². The van der Waals surface area contributed by atoms with E-state index in [1.54, 1.807) is 40.8 Å². The molecule has 0 aliphatic heterocycles. The van der Waals surface area contributed by atoms with Gasteiger partial charge < -0.3 is 10.6 Å². The maximum absolute atomic E-state index is 13.6. The molecule has 2 aromatic carbocycles. The minimum absolute atomic E-state index is 0.00681. The summed E-state index contributed by atoms with van der Waals surface area (Å²) in [6.07, 6.45) is -1.27. The topological polar surface area (TPSA) is 84.7 Å². The summed E-state index contributed by atoms with van der Waals surface area (Å²) in [5.41, 5.74) is 3.23.